The second-order valence-corrected chi connectivity index (χ2v) is 6.39. The molecule has 2 aromatic rings. The van der Waals surface area contributed by atoms with Gasteiger partial charge in [0.2, 0.25) is 0 Å². The molecule has 1 saturated heterocycles. The molecular weight excluding hydrogens is 405 g/mol. The van der Waals surface area contributed by atoms with Gasteiger partial charge in [0, 0.05) is 6.20 Å². The molecule has 1 aliphatic rings. The number of nitrogens with zero attached hydrogens (tertiary/aromatic N) is 3. The molecule has 1 amide bonds. The van der Waals surface area contributed by atoms with Crippen LogP contribution in [0, 0.1) is 0 Å². The van der Waals surface area contributed by atoms with Crippen molar-refractivity contribution in [1.82, 2.24) is 14.5 Å². The van der Waals surface area contributed by atoms with Crippen LogP contribution in [0.25, 0.3) is 11.0 Å². The van der Waals surface area contributed by atoms with Gasteiger partial charge in [-0.15, -0.1) is 0 Å². The number of nitrogens with two attached hydrogens (primary N) is 2. The molecule has 118 valence electrons. The molecule has 1 aliphatic heterocycles. The summed E-state index contributed by atoms with van der Waals surface area (Å²) in [6, 6.07) is 0. The third-order valence-corrected chi connectivity index (χ3v) is 5.00. The van der Waals surface area contributed by atoms with E-state index in [0.717, 1.165) is 0 Å². The maximum atomic E-state index is 11.6. The number of halogens is 1. The number of aliphatic hydroxyl groups excluding tert-OH is 2. The number of alkyl halides is 1. The highest BCUT2D eigenvalue weighted by atomic mass is 127. The van der Waals surface area contributed by atoms with E-state index >= 15 is 0 Å². The number of anilines is 1. The summed E-state index contributed by atoms with van der Waals surface area (Å²) in [5, 5.41) is 19.7. The largest absolute Gasteiger partial charge is 0.394 e. The summed E-state index contributed by atoms with van der Waals surface area (Å²) in [5.41, 5.74) is 11.8. The fourth-order valence-corrected chi connectivity index (χ4v) is 3.55. The Hall–Kier alpha value is -1.50. The fourth-order valence-electron chi connectivity index (χ4n) is 2.57. The average molecular weight is 419 g/mol. The molecule has 0 unspecified atom stereocenters. The van der Waals surface area contributed by atoms with Gasteiger partial charge >= 0.3 is 0 Å². The third kappa shape index (κ3) is 2.22. The minimum Gasteiger partial charge on any atom is -0.394 e. The number of primary amides is 1. The van der Waals surface area contributed by atoms with Crippen molar-refractivity contribution in [2.24, 2.45) is 5.73 Å². The van der Waals surface area contributed by atoms with Gasteiger partial charge in [0.1, 0.15) is 30.1 Å². The molecule has 3 heterocycles. The molecule has 9 nitrogen and oxygen atoms in total. The summed E-state index contributed by atoms with van der Waals surface area (Å²) in [6.07, 6.45) is 0.596. The highest BCUT2D eigenvalue weighted by Crippen LogP contribution is 2.38. The lowest BCUT2D eigenvalue weighted by molar-refractivity contribution is -0.0428. The topological polar surface area (TPSA) is 150 Å². The van der Waals surface area contributed by atoms with Crippen molar-refractivity contribution in [3.8, 4) is 0 Å². The van der Waals surface area contributed by atoms with Crippen LogP contribution in [0.4, 0.5) is 5.82 Å². The highest BCUT2D eigenvalue weighted by Gasteiger charge is 2.43. The van der Waals surface area contributed by atoms with Crippen LogP contribution in [0.2, 0.25) is 0 Å². The first-order valence-corrected chi connectivity index (χ1v) is 7.69. The lowest BCUT2D eigenvalue weighted by Gasteiger charge is -2.17. The number of carbonyl (C=O) groups excluding carboxylic acids is 1. The zero-order chi connectivity index (χ0) is 16.0. The molecule has 0 aromatic carbocycles. The second-order valence-electron chi connectivity index (χ2n) is 4.95. The molecule has 0 radical (unpaired) electrons. The molecule has 6 N–H and O–H groups in total. The molecule has 0 saturated carbocycles. The van der Waals surface area contributed by atoms with Crippen molar-refractivity contribution in [3.05, 3.63) is 18.1 Å². The molecule has 0 bridgehead atoms. The maximum Gasteiger partial charge on any atom is 0.251 e. The van der Waals surface area contributed by atoms with E-state index < -0.39 is 24.3 Å². The van der Waals surface area contributed by atoms with Gasteiger partial charge in [-0.05, 0) is 0 Å². The maximum absolute atomic E-state index is 11.6. The lowest BCUT2D eigenvalue weighted by atomic mass is 10.2. The Morgan fingerprint density at radius 2 is 2.23 bits per heavy atom. The summed E-state index contributed by atoms with van der Waals surface area (Å²) in [6.45, 7) is -0.309. The van der Waals surface area contributed by atoms with Crippen molar-refractivity contribution in [2.75, 3.05) is 12.3 Å². The highest BCUT2D eigenvalue weighted by molar-refractivity contribution is 14.1. The summed E-state index contributed by atoms with van der Waals surface area (Å²) < 4.78 is 6.91. The Morgan fingerprint density at radius 3 is 2.82 bits per heavy atom. The Balaban J connectivity index is 2.16. The van der Waals surface area contributed by atoms with Crippen LogP contribution in [0.1, 0.15) is 16.6 Å². The molecule has 10 heteroatoms. The molecular formula is C12H14IN5O4. The smallest absolute Gasteiger partial charge is 0.251 e. The Bertz CT molecular complexity index is 736. The predicted octanol–water partition coefficient (Wildman–Crippen LogP) is -0.833. The van der Waals surface area contributed by atoms with Gasteiger partial charge in [-0.25, -0.2) is 9.97 Å². The number of ether oxygens (including phenoxy) is 1. The van der Waals surface area contributed by atoms with Gasteiger partial charge in [0.15, 0.2) is 0 Å². The minimum absolute atomic E-state index is 0.139. The number of amides is 1. The number of aromatic nitrogens is 3. The Morgan fingerprint density at radius 1 is 1.50 bits per heavy atom. The number of hydrogen-bond donors (Lipinski definition) is 4. The van der Waals surface area contributed by atoms with E-state index in [4.69, 9.17) is 16.2 Å². The monoisotopic (exact) mass is 419 g/mol. The molecule has 3 rings (SSSR count). The summed E-state index contributed by atoms with van der Waals surface area (Å²) in [4.78, 5) is 19.6. The predicted molar refractivity (Wildman–Crippen MR) is 85.3 cm³/mol. The van der Waals surface area contributed by atoms with Crippen molar-refractivity contribution in [3.63, 3.8) is 0 Å². The third-order valence-electron chi connectivity index (χ3n) is 3.65. The zero-order valence-electron chi connectivity index (χ0n) is 11.3. The Labute approximate surface area is 138 Å². The van der Waals surface area contributed by atoms with Gasteiger partial charge in [-0.2, -0.15) is 0 Å². The van der Waals surface area contributed by atoms with E-state index in [0.29, 0.717) is 11.0 Å². The van der Waals surface area contributed by atoms with Gasteiger partial charge in [-0.1, -0.05) is 22.6 Å². The van der Waals surface area contributed by atoms with Crippen molar-refractivity contribution in [1.29, 1.82) is 0 Å². The number of aliphatic hydroxyl groups is 2. The summed E-state index contributed by atoms with van der Waals surface area (Å²) in [5.74, 6) is -0.521. The van der Waals surface area contributed by atoms with Gasteiger partial charge in [0.25, 0.3) is 5.91 Å². The van der Waals surface area contributed by atoms with Crippen molar-refractivity contribution < 1.29 is 19.7 Å². The van der Waals surface area contributed by atoms with Crippen LogP contribution < -0.4 is 11.5 Å². The number of carbonyl (C=O) groups is 1. The van der Waals surface area contributed by atoms with Crippen LogP contribution >= 0.6 is 22.6 Å². The molecule has 1 fully saturated rings. The number of hydrogen-bond acceptors (Lipinski definition) is 7. The van der Waals surface area contributed by atoms with E-state index in [1.807, 2.05) is 22.6 Å². The molecule has 2 aromatic heterocycles. The normalized spacial score (nSPS) is 28.3. The summed E-state index contributed by atoms with van der Waals surface area (Å²) in [7, 11) is 0. The van der Waals surface area contributed by atoms with Crippen LogP contribution in [0.15, 0.2) is 12.5 Å². The van der Waals surface area contributed by atoms with E-state index in [1.54, 1.807) is 4.57 Å². The Kier molecular flexibility index (Phi) is 3.92. The van der Waals surface area contributed by atoms with Gasteiger partial charge in [-0.3, -0.25) is 4.79 Å². The fraction of sp³-hybridized carbons (Fsp3) is 0.417. The van der Waals surface area contributed by atoms with Gasteiger partial charge in [0.05, 0.1) is 27.6 Å². The van der Waals surface area contributed by atoms with E-state index in [9.17, 15) is 15.0 Å². The van der Waals surface area contributed by atoms with Gasteiger partial charge < -0.3 is 31.0 Å². The lowest BCUT2D eigenvalue weighted by Crippen LogP contribution is -2.29. The van der Waals surface area contributed by atoms with Crippen LogP contribution in [0.3, 0.4) is 0 Å². The van der Waals surface area contributed by atoms with Crippen LogP contribution in [0.5, 0.6) is 0 Å². The first-order valence-electron chi connectivity index (χ1n) is 6.45. The van der Waals surface area contributed by atoms with E-state index in [2.05, 4.69) is 9.97 Å². The average Bonchev–Trinajstić information content (AvgIpc) is 3.00. The number of nitrogen functional groups attached to an aromatic ring is 1. The van der Waals surface area contributed by atoms with E-state index in [1.165, 1.54) is 12.5 Å². The summed E-state index contributed by atoms with van der Waals surface area (Å²) >= 11 is 2.03. The number of fused-ring (bicyclic) bond motifs is 1. The zero-order valence-corrected chi connectivity index (χ0v) is 13.4. The molecule has 0 aliphatic carbocycles. The first kappa shape index (κ1) is 15.4. The molecule has 4 atom stereocenters. The standard InChI is InChI=1S/C12H14IN5O4/c13-7-8(20)5(2-19)22-12(7)18-1-4(10(15)21)6-9(14)16-3-17-11(6)18/h1,3,5,7-8,12,19-20H,2H2,(H2,15,21)(H2,14,16,17)/t5-,7-,8-,12-/m1/s1. The van der Waals surface area contributed by atoms with Crippen LogP contribution in [-0.2, 0) is 4.74 Å². The molecule has 22 heavy (non-hydrogen) atoms. The van der Waals surface area contributed by atoms with Crippen molar-refractivity contribution in [2.45, 2.75) is 22.4 Å². The molecule has 0 spiro atoms. The number of rotatable bonds is 3. The van der Waals surface area contributed by atoms with Crippen molar-refractivity contribution >= 4 is 45.3 Å². The SMILES string of the molecule is NC(=O)c1cn([C@@H]2O[C@H](CO)[C@@H](O)[C@H]2I)c2ncnc(N)c12. The first-order chi connectivity index (χ1) is 10.5. The quantitative estimate of drug-likeness (QED) is 0.375. The van der Waals surface area contributed by atoms with E-state index in [-0.39, 0.29) is 21.9 Å². The second kappa shape index (κ2) is 5.61. The minimum atomic E-state index is -0.843. The van der Waals surface area contributed by atoms with Crippen LogP contribution in [-0.4, -0.2) is 53.4 Å².